The molecule has 0 bridgehead atoms. The van der Waals surface area contributed by atoms with Crippen LogP contribution in [0.15, 0.2) is 0 Å². The SMILES string of the molecule is COCC(COC(=O)C(=O)CSC[C@H](NC(C)=O)C(=O)O)CO[N+](=O)[O-]. The molecule has 0 aliphatic rings. The topological polar surface area (TPSA) is 171 Å². The Kier molecular flexibility index (Phi) is 11.7. The Hall–Kier alpha value is -2.41. The molecule has 0 radical (unpaired) electrons. The van der Waals surface area contributed by atoms with E-state index in [0.29, 0.717) is 0 Å². The first kappa shape index (κ1) is 23.6. The van der Waals surface area contributed by atoms with Gasteiger partial charge in [-0.3, -0.25) is 9.59 Å². The van der Waals surface area contributed by atoms with Crippen LogP contribution in [0.2, 0.25) is 0 Å². The lowest BCUT2D eigenvalue weighted by Gasteiger charge is -2.15. The minimum absolute atomic E-state index is 0.0149. The maximum Gasteiger partial charge on any atom is 0.375 e. The van der Waals surface area contributed by atoms with Crippen LogP contribution in [0.25, 0.3) is 0 Å². The molecule has 0 aromatic carbocycles. The fourth-order valence-corrected chi connectivity index (χ4v) is 2.45. The molecule has 2 atom stereocenters. The van der Waals surface area contributed by atoms with E-state index < -0.39 is 40.7 Å². The highest BCUT2D eigenvalue weighted by atomic mass is 32.2. The van der Waals surface area contributed by atoms with E-state index in [0.717, 1.165) is 18.7 Å². The largest absolute Gasteiger partial charge is 0.480 e. The highest BCUT2D eigenvalue weighted by Crippen LogP contribution is 2.06. The van der Waals surface area contributed by atoms with Gasteiger partial charge < -0.3 is 24.7 Å². The second kappa shape index (κ2) is 12.9. The van der Waals surface area contributed by atoms with E-state index in [-0.39, 0.29) is 31.3 Å². The maximum absolute atomic E-state index is 11.7. The van der Waals surface area contributed by atoms with E-state index in [1.54, 1.807) is 0 Å². The molecule has 148 valence electrons. The summed E-state index contributed by atoms with van der Waals surface area (Å²) in [5, 5.41) is 20.2. The summed E-state index contributed by atoms with van der Waals surface area (Å²) in [7, 11) is 1.34. The third kappa shape index (κ3) is 11.2. The first-order valence-electron chi connectivity index (χ1n) is 7.21. The van der Waals surface area contributed by atoms with Gasteiger partial charge in [-0.05, 0) is 0 Å². The molecule has 1 unspecified atom stereocenters. The molecule has 0 rings (SSSR count). The quantitative estimate of drug-likeness (QED) is 0.158. The number of rotatable bonds is 14. The van der Waals surface area contributed by atoms with Gasteiger partial charge in [-0.15, -0.1) is 10.1 Å². The molecule has 0 aromatic rings. The van der Waals surface area contributed by atoms with E-state index in [9.17, 15) is 29.3 Å². The Morgan fingerprint density at radius 3 is 2.38 bits per heavy atom. The van der Waals surface area contributed by atoms with Gasteiger partial charge in [-0.25, -0.2) is 9.59 Å². The molecular formula is C13H20N2O10S. The van der Waals surface area contributed by atoms with Crippen LogP contribution in [0.1, 0.15) is 6.92 Å². The molecule has 0 heterocycles. The molecule has 0 saturated carbocycles. The number of nitrogens with one attached hydrogen (secondary N) is 1. The van der Waals surface area contributed by atoms with Gasteiger partial charge >= 0.3 is 11.9 Å². The van der Waals surface area contributed by atoms with E-state index in [1.807, 2.05) is 0 Å². The molecule has 0 aliphatic carbocycles. The molecule has 0 fully saturated rings. The number of amides is 1. The number of hydrogen-bond donors (Lipinski definition) is 2. The minimum Gasteiger partial charge on any atom is -0.480 e. The molecule has 26 heavy (non-hydrogen) atoms. The number of thioether (sulfide) groups is 1. The van der Waals surface area contributed by atoms with Crippen LogP contribution in [0, 0.1) is 16.0 Å². The zero-order valence-electron chi connectivity index (χ0n) is 14.2. The van der Waals surface area contributed by atoms with Crippen molar-refractivity contribution in [3.63, 3.8) is 0 Å². The number of hydrogen-bond acceptors (Lipinski definition) is 10. The van der Waals surface area contributed by atoms with Crippen molar-refractivity contribution in [2.75, 3.05) is 38.4 Å². The summed E-state index contributed by atoms with van der Waals surface area (Å²) in [5.74, 6) is -4.97. The first-order chi connectivity index (χ1) is 12.2. The van der Waals surface area contributed by atoms with Gasteiger partial charge in [-0.2, -0.15) is 11.8 Å². The minimum atomic E-state index is -1.27. The summed E-state index contributed by atoms with van der Waals surface area (Å²) < 4.78 is 9.55. The van der Waals surface area contributed by atoms with Crippen LogP contribution < -0.4 is 5.32 Å². The number of Topliss-reactive ketones (excluding diaryl/α,β-unsaturated/α-hetero) is 1. The van der Waals surface area contributed by atoms with Gasteiger partial charge in [0.2, 0.25) is 11.7 Å². The van der Waals surface area contributed by atoms with Crippen LogP contribution in [-0.2, 0) is 33.5 Å². The number of carbonyl (C=O) groups is 4. The smallest absolute Gasteiger partial charge is 0.375 e. The Labute approximate surface area is 152 Å². The van der Waals surface area contributed by atoms with E-state index in [1.165, 1.54) is 7.11 Å². The van der Waals surface area contributed by atoms with Crippen molar-refractivity contribution in [1.29, 1.82) is 0 Å². The van der Waals surface area contributed by atoms with Crippen LogP contribution in [0.3, 0.4) is 0 Å². The lowest BCUT2D eigenvalue weighted by atomic mass is 10.2. The third-order valence-corrected chi connectivity index (χ3v) is 3.72. The van der Waals surface area contributed by atoms with E-state index in [2.05, 4.69) is 10.2 Å². The fourth-order valence-electron chi connectivity index (χ4n) is 1.57. The van der Waals surface area contributed by atoms with Gasteiger partial charge in [0.15, 0.2) is 0 Å². The van der Waals surface area contributed by atoms with Gasteiger partial charge in [0.1, 0.15) is 12.6 Å². The average molecular weight is 396 g/mol. The summed E-state index contributed by atoms with van der Waals surface area (Å²) in [6.07, 6.45) is 0. The monoisotopic (exact) mass is 396 g/mol. The number of carboxylic acids is 1. The van der Waals surface area contributed by atoms with Gasteiger partial charge in [-0.1, -0.05) is 0 Å². The zero-order valence-corrected chi connectivity index (χ0v) is 15.0. The second-order valence-electron chi connectivity index (χ2n) is 4.97. The number of ketones is 1. The number of carbonyl (C=O) groups excluding carboxylic acids is 3. The van der Waals surface area contributed by atoms with Crippen LogP contribution in [-0.4, -0.2) is 78.3 Å². The summed E-state index contributed by atoms with van der Waals surface area (Å²) in [4.78, 5) is 59.4. The maximum atomic E-state index is 11.7. The molecule has 1 amide bonds. The third-order valence-electron chi connectivity index (χ3n) is 2.69. The lowest BCUT2D eigenvalue weighted by molar-refractivity contribution is -0.759. The van der Waals surface area contributed by atoms with E-state index >= 15 is 0 Å². The predicted octanol–water partition coefficient (Wildman–Crippen LogP) is -1.11. The standard InChI is InChI=1S/C13H20N2O10S/c1-8(16)14-10(12(18)19)6-26-7-11(17)13(20)24-4-9(3-23-2)5-25-15(21)22/h9-10H,3-7H2,1-2H3,(H,14,16)(H,18,19)/t9?,10-/m0/s1. The summed E-state index contributed by atoms with van der Waals surface area (Å²) >= 11 is 0.842. The van der Waals surface area contributed by atoms with Gasteiger partial charge in [0.05, 0.1) is 19.0 Å². The number of aliphatic carboxylic acids is 1. The van der Waals surface area contributed by atoms with Crippen molar-refractivity contribution in [3.8, 4) is 0 Å². The highest BCUT2D eigenvalue weighted by molar-refractivity contribution is 8.00. The summed E-state index contributed by atoms with van der Waals surface area (Å²) in [6, 6.07) is -1.19. The summed E-state index contributed by atoms with van der Waals surface area (Å²) in [6.45, 7) is 0.484. The lowest BCUT2D eigenvalue weighted by Crippen LogP contribution is -2.41. The number of methoxy groups -OCH3 is 1. The second-order valence-corrected chi connectivity index (χ2v) is 6.00. The fraction of sp³-hybridized carbons (Fsp3) is 0.692. The molecule has 0 aliphatic heterocycles. The van der Waals surface area contributed by atoms with E-state index in [4.69, 9.17) is 14.6 Å². The molecule has 2 N–H and O–H groups in total. The number of carboxylic acid groups (broad SMARTS) is 1. The Balaban J connectivity index is 4.28. The molecule has 0 spiro atoms. The van der Waals surface area contributed by atoms with Crippen molar-refractivity contribution < 1.29 is 43.7 Å². The van der Waals surface area contributed by atoms with Crippen molar-refractivity contribution in [1.82, 2.24) is 5.32 Å². The zero-order chi connectivity index (χ0) is 20.1. The Morgan fingerprint density at radius 2 is 1.88 bits per heavy atom. The number of esters is 1. The van der Waals surface area contributed by atoms with Gasteiger partial charge in [0.25, 0.3) is 5.09 Å². The van der Waals surface area contributed by atoms with Crippen LogP contribution in [0.5, 0.6) is 0 Å². The molecular weight excluding hydrogens is 376 g/mol. The average Bonchev–Trinajstić information content (AvgIpc) is 2.55. The van der Waals surface area contributed by atoms with Crippen molar-refractivity contribution in [2.45, 2.75) is 13.0 Å². The molecule has 0 saturated heterocycles. The molecule has 0 aromatic heterocycles. The Morgan fingerprint density at radius 1 is 1.23 bits per heavy atom. The van der Waals surface area contributed by atoms with Crippen molar-refractivity contribution in [2.24, 2.45) is 5.92 Å². The van der Waals surface area contributed by atoms with Crippen LogP contribution >= 0.6 is 11.8 Å². The molecule has 13 heteroatoms. The van der Waals surface area contributed by atoms with Crippen LogP contribution in [0.4, 0.5) is 0 Å². The first-order valence-corrected chi connectivity index (χ1v) is 8.36. The molecule has 12 nitrogen and oxygen atoms in total. The van der Waals surface area contributed by atoms with Crippen molar-refractivity contribution >= 4 is 35.4 Å². The number of ether oxygens (including phenoxy) is 2. The Bertz CT molecular complexity index is 527. The predicted molar refractivity (Wildman–Crippen MR) is 86.8 cm³/mol. The highest BCUT2D eigenvalue weighted by Gasteiger charge is 2.22. The normalized spacial score (nSPS) is 12.5. The van der Waals surface area contributed by atoms with Crippen molar-refractivity contribution in [3.05, 3.63) is 10.1 Å². The summed E-state index contributed by atoms with van der Waals surface area (Å²) in [5.41, 5.74) is 0. The van der Waals surface area contributed by atoms with Gasteiger partial charge in [0, 0.05) is 25.7 Å². The number of nitrogens with zero attached hydrogens (tertiary/aromatic N) is 1.